The third kappa shape index (κ3) is 5.19. The van der Waals surface area contributed by atoms with E-state index >= 15 is 0 Å². The number of aromatic nitrogens is 3. The van der Waals surface area contributed by atoms with Crippen molar-refractivity contribution >= 4 is 22.6 Å². The molecule has 0 radical (unpaired) electrons. The van der Waals surface area contributed by atoms with Crippen molar-refractivity contribution in [1.29, 1.82) is 0 Å². The highest BCUT2D eigenvalue weighted by Crippen LogP contribution is 2.34. The molecule has 1 amide bonds. The van der Waals surface area contributed by atoms with Crippen LogP contribution in [0, 0.1) is 19.7 Å². The molecule has 0 saturated heterocycles. The fourth-order valence-corrected chi connectivity index (χ4v) is 4.58. The summed E-state index contributed by atoms with van der Waals surface area (Å²) in [7, 11) is 4.80. The number of hydrogen-bond donors (Lipinski definition) is 1. The normalized spacial score (nSPS) is 10.9. The number of amides is 1. The summed E-state index contributed by atoms with van der Waals surface area (Å²) in [6, 6.07) is 15.7. The Morgan fingerprint density at radius 2 is 1.63 bits per heavy atom. The van der Waals surface area contributed by atoms with E-state index in [0.717, 1.165) is 0 Å². The number of methoxy groups -OCH3 is 2. The van der Waals surface area contributed by atoms with Gasteiger partial charge in [0.15, 0.2) is 11.5 Å². The standard InChI is InChI=1S/C31H27FN4O5/c1-17-26(19-6-8-20(32)9-7-19)29(37)27(18(2)36(17)3)30(38)34-21-10-12-22(13-11-21)41-24-14-15-33-23-16-25(39-4)31(40-5)35-28(23)24/h6-16H,1-5H3,(H,34,38). The van der Waals surface area contributed by atoms with Crippen LogP contribution < -0.4 is 25.0 Å². The van der Waals surface area contributed by atoms with E-state index < -0.39 is 17.2 Å². The fraction of sp³-hybridized carbons (Fsp3) is 0.161. The molecule has 5 rings (SSSR count). The van der Waals surface area contributed by atoms with Crippen molar-refractivity contribution < 1.29 is 23.4 Å². The Balaban J connectivity index is 1.41. The van der Waals surface area contributed by atoms with Crippen molar-refractivity contribution in [3.05, 3.63) is 99.9 Å². The lowest BCUT2D eigenvalue weighted by Gasteiger charge is -2.18. The van der Waals surface area contributed by atoms with Gasteiger partial charge in [-0.25, -0.2) is 9.37 Å². The number of rotatable bonds is 7. The summed E-state index contributed by atoms with van der Waals surface area (Å²) in [6.07, 6.45) is 1.60. The molecule has 0 aliphatic heterocycles. The Morgan fingerprint density at radius 3 is 2.29 bits per heavy atom. The summed E-state index contributed by atoms with van der Waals surface area (Å²) in [5.74, 6) is 0.747. The van der Waals surface area contributed by atoms with Crippen LogP contribution in [-0.2, 0) is 7.05 Å². The van der Waals surface area contributed by atoms with Gasteiger partial charge in [0, 0.05) is 48.0 Å². The van der Waals surface area contributed by atoms with Crippen molar-refractivity contribution in [2.45, 2.75) is 13.8 Å². The zero-order chi connectivity index (χ0) is 29.3. The third-order valence-electron chi connectivity index (χ3n) is 6.90. The Morgan fingerprint density at radius 1 is 0.927 bits per heavy atom. The number of anilines is 1. The van der Waals surface area contributed by atoms with Crippen molar-refractivity contribution in [2.24, 2.45) is 7.05 Å². The number of nitrogens with one attached hydrogen (secondary N) is 1. The van der Waals surface area contributed by atoms with Gasteiger partial charge in [0.25, 0.3) is 11.8 Å². The highest BCUT2D eigenvalue weighted by molar-refractivity contribution is 6.05. The van der Waals surface area contributed by atoms with E-state index in [4.69, 9.17) is 14.2 Å². The molecule has 1 N–H and O–H groups in total. The van der Waals surface area contributed by atoms with E-state index in [1.807, 2.05) is 0 Å². The molecule has 5 aromatic rings. The fourth-order valence-electron chi connectivity index (χ4n) is 4.58. The van der Waals surface area contributed by atoms with Gasteiger partial charge in [0.1, 0.15) is 22.6 Å². The molecule has 0 aliphatic carbocycles. The van der Waals surface area contributed by atoms with E-state index in [2.05, 4.69) is 15.3 Å². The van der Waals surface area contributed by atoms with Gasteiger partial charge >= 0.3 is 0 Å². The summed E-state index contributed by atoms with van der Waals surface area (Å²) >= 11 is 0. The van der Waals surface area contributed by atoms with Gasteiger partial charge < -0.3 is 24.1 Å². The van der Waals surface area contributed by atoms with Gasteiger partial charge in [-0.3, -0.25) is 14.6 Å². The molecule has 0 spiro atoms. The minimum absolute atomic E-state index is 0.0106. The first-order valence-corrected chi connectivity index (χ1v) is 12.6. The predicted octanol–water partition coefficient (Wildman–Crippen LogP) is 5.81. The van der Waals surface area contributed by atoms with Gasteiger partial charge in [0.2, 0.25) is 5.43 Å². The van der Waals surface area contributed by atoms with Crippen LogP contribution in [0.2, 0.25) is 0 Å². The Hall–Kier alpha value is -5.25. The number of ether oxygens (including phenoxy) is 3. The molecular formula is C31H27FN4O5. The average molecular weight is 555 g/mol. The van der Waals surface area contributed by atoms with E-state index in [1.165, 1.54) is 38.5 Å². The largest absolute Gasteiger partial charge is 0.491 e. The summed E-state index contributed by atoms with van der Waals surface area (Å²) < 4.78 is 32.0. The van der Waals surface area contributed by atoms with Crippen molar-refractivity contribution in [3.63, 3.8) is 0 Å². The van der Waals surface area contributed by atoms with Gasteiger partial charge in [-0.05, 0) is 55.8 Å². The van der Waals surface area contributed by atoms with Crippen molar-refractivity contribution in [1.82, 2.24) is 14.5 Å². The quantitative estimate of drug-likeness (QED) is 0.271. The van der Waals surface area contributed by atoms with E-state index in [9.17, 15) is 14.0 Å². The second-order valence-corrected chi connectivity index (χ2v) is 9.27. The van der Waals surface area contributed by atoms with E-state index in [1.54, 1.807) is 68.1 Å². The molecule has 0 saturated carbocycles. The molecule has 0 fully saturated rings. The average Bonchev–Trinajstić information content (AvgIpc) is 2.97. The van der Waals surface area contributed by atoms with Crippen LogP contribution in [0.1, 0.15) is 21.7 Å². The topological polar surface area (TPSA) is 105 Å². The molecule has 0 unspecified atom stereocenters. The molecular weight excluding hydrogens is 527 g/mol. The lowest BCUT2D eigenvalue weighted by Crippen LogP contribution is -2.28. The van der Waals surface area contributed by atoms with Crippen LogP contribution in [0.4, 0.5) is 10.1 Å². The molecule has 3 heterocycles. The van der Waals surface area contributed by atoms with Gasteiger partial charge in [-0.15, -0.1) is 0 Å². The highest BCUT2D eigenvalue weighted by Gasteiger charge is 2.22. The molecule has 10 heteroatoms. The minimum atomic E-state index is -0.550. The molecule has 208 valence electrons. The first kappa shape index (κ1) is 27.3. The Kier molecular flexibility index (Phi) is 7.39. The Bertz CT molecular complexity index is 1830. The first-order valence-electron chi connectivity index (χ1n) is 12.6. The molecule has 0 bridgehead atoms. The van der Waals surface area contributed by atoms with Crippen LogP contribution >= 0.6 is 0 Å². The van der Waals surface area contributed by atoms with E-state index in [-0.39, 0.29) is 5.56 Å². The van der Waals surface area contributed by atoms with Crippen molar-refractivity contribution in [3.8, 4) is 34.3 Å². The number of benzene rings is 2. The number of fused-ring (bicyclic) bond motifs is 1. The maximum absolute atomic E-state index is 13.5. The number of halogens is 1. The zero-order valence-electron chi connectivity index (χ0n) is 23.1. The maximum Gasteiger partial charge on any atom is 0.261 e. The monoisotopic (exact) mass is 554 g/mol. The predicted molar refractivity (Wildman–Crippen MR) is 154 cm³/mol. The first-order chi connectivity index (χ1) is 19.7. The number of hydrogen-bond acceptors (Lipinski definition) is 7. The number of carbonyl (C=O) groups is 1. The SMILES string of the molecule is COc1cc2nccc(Oc3ccc(NC(=O)c4c(C)n(C)c(C)c(-c5ccc(F)cc5)c4=O)cc3)c2nc1OC. The van der Waals surface area contributed by atoms with E-state index in [0.29, 0.717) is 62.4 Å². The maximum atomic E-state index is 13.5. The minimum Gasteiger partial charge on any atom is -0.491 e. The number of nitrogens with zero attached hydrogens (tertiary/aromatic N) is 3. The van der Waals surface area contributed by atoms with Crippen LogP contribution in [0.5, 0.6) is 23.1 Å². The summed E-state index contributed by atoms with van der Waals surface area (Å²) in [5.41, 5.74) is 3.18. The summed E-state index contributed by atoms with van der Waals surface area (Å²) in [4.78, 5) is 35.7. The van der Waals surface area contributed by atoms with Gasteiger partial charge in [-0.2, -0.15) is 0 Å². The lowest BCUT2D eigenvalue weighted by atomic mass is 9.99. The second-order valence-electron chi connectivity index (χ2n) is 9.27. The molecule has 3 aromatic heterocycles. The lowest BCUT2D eigenvalue weighted by molar-refractivity contribution is 0.102. The second kappa shape index (κ2) is 11.1. The zero-order valence-corrected chi connectivity index (χ0v) is 23.1. The van der Waals surface area contributed by atoms with Gasteiger partial charge in [-0.1, -0.05) is 12.1 Å². The Labute approximate surface area is 235 Å². The van der Waals surface area contributed by atoms with Crippen LogP contribution in [0.15, 0.2) is 71.7 Å². The van der Waals surface area contributed by atoms with Gasteiger partial charge in [0.05, 0.1) is 19.7 Å². The number of carbonyl (C=O) groups excluding carboxylic acids is 1. The smallest absolute Gasteiger partial charge is 0.261 e. The summed E-state index contributed by atoms with van der Waals surface area (Å²) in [5, 5.41) is 2.80. The molecule has 9 nitrogen and oxygen atoms in total. The van der Waals surface area contributed by atoms with Crippen LogP contribution in [-0.4, -0.2) is 34.7 Å². The molecule has 0 atom stereocenters. The van der Waals surface area contributed by atoms with Crippen LogP contribution in [0.25, 0.3) is 22.2 Å². The third-order valence-corrected chi connectivity index (χ3v) is 6.90. The highest BCUT2D eigenvalue weighted by atomic mass is 19.1. The number of pyridine rings is 3. The molecule has 2 aromatic carbocycles. The summed E-state index contributed by atoms with van der Waals surface area (Å²) in [6.45, 7) is 3.51. The molecule has 41 heavy (non-hydrogen) atoms. The van der Waals surface area contributed by atoms with Crippen molar-refractivity contribution in [2.75, 3.05) is 19.5 Å². The van der Waals surface area contributed by atoms with Crippen LogP contribution in [0.3, 0.4) is 0 Å². The molecule has 0 aliphatic rings.